The van der Waals surface area contributed by atoms with Gasteiger partial charge in [-0.1, -0.05) is 67.4 Å². The Bertz CT molecular complexity index is 1530. The number of rotatable bonds is 10. The van der Waals surface area contributed by atoms with Crippen molar-refractivity contribution in [1.29, 1.82) is 0 Å². The van der Waals surface area contributed by atoms with E-state index in [1.807, 2.05) is 44.2 Å². The van der Waals surface area contributed by atoms with E-state index in [-0.39, 0.29) is 21.7 Å². The van der Waals surface area contributed by atoms with Gasteiger partial charge in [0.1, 0.15) is 5.82 Å². The smallest absolute Gasteiger partial charge is 0.263 e. The summed E-state index contributed by atoms with van der Waals surface area (Å²) < 4.78 is 41.2. The first kappa shape index (κ1) is 29.2. The summed E-state index contributed by atoms with van der Waals surface area (Å²) in [6.45, 7) is 5.05. The van der Waals surface area contributed by atoms with E-state index in [2.05, 4.69) is 10.0 Å². The number of carbonyl (C=O) groups is 1. The molecule has 1 aliphatic rings. The first-order chi connectivity index (χ1) is 19.2. The van der Waals surface area contributed by atoms with E-state index in [0.717, 1.165) is 40.8 Å². The minimum absolute atomic E-state index is 0.0741. The molecule has 0 radical (unpaired) electrons. The van der Waals surface area contributed by atoms with Gasteiger partial charge in [0, 0.05) is 18.7 Å². The lowest BCUT2D eigenvalue weighted by molar-refractivity contribution is -0.122. The van der Waals surface area contributed by atoms with Crippen molar-refractivity contribution in [2.75, 3.05) is 13.1 Å². The Labute approximate surface area is 240 Å². The van der Waals surface area contributed by atoms with Crippen LogP contribution in [0.5, 0.6) is 0 Å². The second-order valence-corrected chi connectivity index (χ2v) is 11.7. The topological polar surface area (TPSA) is 78.5 Å². The standard InChI is InChI=1S/C31H32FN3O3S2/c1-3-4-18-33-31(39)34-40(37,38)28-15-9-23(10-16-28)17-19-35-29(25-11-5-22(2)6-12-25)21-26(30(35)36)20-24-7-13-27(32)14-8-24/h5-16,20-21H,3-4,17-19H2,1-2H3,(H2,33,34,39)/b26-20+. The second-order valence-electron chi connectivity index (χ2n) is 9.61. The molecule has 3 aromatic carbocycles. The number of carbonyl (C=O) groups excluding carboxylic acids is 1. The number of sulfonamides is 1. The van der Waals surface area contributed by atoms with E-state index in [9.17, 15) is 17.6 Å². The van der Waals surface area contributed by atoms with Gasteiger partial charge in [-0.05, 0) is 85.1 Å². The Morgan fingerprint density at radius 1 is 1.00 bits per heavy atom. The molecule has 0 bridgehead atoms. The van der Waals surface area contributed by atoms with Crippen LogP contribution in [0.4, 0.5) is 4.39 Å². The lowest BCUT2D eigenvalue weighted by atomic mass is 10.1. The van der Waals surface area contributed by atoms with Crippen LogP contribution in [0.25, 0.3) is 11.8 Å². The van der Waals surface area contributed by atoms with Gasteiger partial charge in [0.15, 0.2) is 5.11 Å². The molecule has 4 rings (SSSR count). The first-order valence-corrected chi connectivity index (χ1v) is 15.0. The van der Waals surface area contributed by atoms with Gasteiger partial charge in [0.05, 0.1) is 10.6 Å². The van der Waals surface area contributed by atoms with E-state index >= 15 is 0 Å². The summed E-state index contributed by atoms with van der Waals surface area (Å²) in [5.41, 5.74) is 4.94. The fourth-order valence-corrected chi connectivity index (χ4v) is 5.61. The molecule has 0 spiro atoms. The molecule has 0 atom stereocenters. The van der Waals surface area contributed by atoms with Crippen molar-refractivity contribution in [2.45, 2.75) is 38.0 Å². The van der Waals surface area contributed by atoms with Gasteiger partial charge < -0.3 is 10.2 Å². The molecule has 0 fully saturated rings. The minimum Gasteiger partial charge on any atom is -0.362 e. The summed E-state index contributed by atoms with van der Waals surface area (Å²) in [4.78, 5) is 15.3. The van der Waals surface area contributed by atoms with Crippen molar-refractivity contribution >= 4 is 45.0 Å². The van der Waals surface area contributed by atoms with E-state index in [1.54, 1.807) is 35.2 Å². The number of hydrogen-bond acceptors (Lipinski definition) is 4. The second kappa shape index (κ2) is 13.0. The van der Waals surface area contributed by atoms with Crippen LogP contribution in [-0.2, 0) is 21.2 Å². The molecule has 1 amide bonds. The number of halogens is 1. The van der Waals surface area contributed by atoms with Crippen molar-refractivity contribution in [3.8, 4) is 0 Å². The third-order valence-electron chi connectivity index (χ3n) is 6.52. The molecule has 0 aliphatic carbocycles. The van der Waals surface area contributed by atoms with Gasteiger partial charge in [-0.25, -0.2) is 12.8 Å². The number of nitrogens with zero attached hydrogens (tertiary/aromatic N) is 1. The maximum Gasteiger partial charge on any atom is 0.263 e. The number of thiocarbonyl (C=S) groups is 1. The Morgan fingerprint density at radius 2 is 1.68 bits per heavy atom. The van der Waals surface area contributed by atoms with E-state index < -0.39 is 10.0 Å². The van der Waals surface area contributed by atoms with Crippen LogP contribution in [0.1, 0.15) is 42.0 Å². The molecule has 0 unspecified atom stereocenters. The molecular weight excluding hydrogens is 545 g/mol. The predicted octanol–water partition coefficient (Wildman–Crippen LogP) is 5.60. The Morgan fingerprint density at radius 3 is 2.33 bits per heavy atom. The SMILES string of the molecule is CCCCNC(=S)NS(=O)(=O)c1ccc(CCN2C(=O)/C(=C/c3ccc(F)cc3)C=C2c2ccc(C)cc2)cc1. The molecule has 1 aliphatic heterocycles. The Hall–Kier alpha value is -3.82. The molecule has 40 heavy (non-hydrogen) atoms. The van der Waals surface area contributed by atoms with Crippen LogP contribution in [-0.4, -0.2) is 37.4 Å². The molecule has 1 heterocycles. The number of aryl methyl sites for hydroxylation is 1. The maximum atomic E-state index is 13.5. The number of unbranched alkanes of at least 4 members (excludes halogenated alkanes) is 1. The molecule has 0 aromatic heterocycles. The number of nitrogens with one attached hydrogen (secondary N) is 2. The van der Waals surface area contributed by atoms with Crippen LogP contribution in [0.2, 0.25) is 0 Å². The average molecular weight is 578 g/mol. The zero-order valence-corrected chi connectivity index (χ0v) is 24.1. The average Bonchev–Trinajstić information content (AvgIpc) is 3.24. The number of benzene rings is 3. The third kappa shape index (κ3) is 7.43. The number of amides is 1. The van der Waals surface area contributed by atoms with Crippen molar-refractivity contribution in [1.82, 2.24) is 14.9 Å². The Kier molecular flexibility index (Phi) is 9.50. The van der Waals surface area contributed by atoms with Gasteiger partial charge in [0.25, 0.3) is 15.9 Å². The van der Waals surface area contributed by atoms with Gasteiger partial charge in [0.2, 0.25) is 0 Å². The molecule has 6 nitrogen and oxygen atoms in total. The first-order valence-electron chi connectivity index (χ1n) is 13.1. The third-order valence-corrected chi connectivity index (χ3v) is 8.26. The summed E-state index contributed by atoms with van der Waals surface area (Å²) in [5, 5.41) is 2.97. The summed E-state index contributed by atoms with van der Waals surface area (Å²) >= 11 is 5.10. The highest BCUT2D eigenvalue weighted by Crippen LogP contribution is 2.31. The zero-order valence-electron chi connectivity index (χ0n) is 22.5. The summed E-state index contributed by atoms with van der Waals surface area (Å²) in [7, 11) is -3.80. The van der Waals surface area contributed by atoms with E-state index in [0.29, 0.717) is 25.1 Å². The van der Waals surface area contributed by atoms with Crippen LogP contribution in [0.3, 0.4) is 0 Å². The van der Waals surface area contributed by atoms with Crippen molar-refractivity contribution in [3.63, 3.8) is 0 Å². The highest BCUT2D eigenvalue weighted by Gasteiger charge is 2.28. The van der Waals surface area contributed by atoms with Crippen molar-refractivity contribution in [3.05, 3.63) is 113 Å². The molecule has 9 heteroatoms. The van der Waals surface area contributed by atoms with Crippen LogP contribution >= 0.6 is 12.2 Å². The monoisotopic (exact) mass is 577 g/mol. The van der Waals surface area contributed by atoms with Crippen LogP contribution in [0, 0.1) is 12.7 Å². The Balaban J connectivity index is 1.49. The number of hydrogen-bond donors (Lipinski definition) is 2. The van der Waals surface area contributed by atoms with Crippen molar-refractivity contribution < 1.29 is 17.6 Å². The summed E-state index contributed by atoms with van der Waals surface area (Å²) in [5.74, 6) is -0.481. The molecule has 0 saturated carbocycles. The molecule has 0 saturated heterocycles. The lowest BCUT2D eigenvalue weighted by Gasteiger charge is -2.21. The van der Waals surface area contributed by atoms with Crippen LogP contribution < -0.4 is 10.0 Å². The minimum atomic E-state index is -3.80. The molecular formula is C31H32FN3O3S2. The highest BCUT2D eigenvalue weighted by molar-refractivity contribution is 7.91. The van der Waals surface area contributed by atoms with Crippen LogP contribution in [0.15, 0.2) is 89.3 Å². The van der Waals surface area contributed by atoms with Gasteiger partial charge in [-0.2, -0.15) is 0 Å². The van der Waals surface area contributed by atoms with E-state index in [4.69, 9.17) is 12.2 Å². The predicted molar refractivity (Wildman–Crippen MR) is 161 cm³/mol. The summed E-state index contributed by atoms with van der Waals surface area (Å²) in [6, 6.07) is 20.5. The van der Waals surface area contributed by atoms with E-state index in [1.165, 1.54) is 24.3 Å². The van der Waals surface area contributed by atoms with Gasteiger partial charge >= 0.3 is 0 Å². The van der Waals surface area contributed by atoms with Gasteiger partial charge in [-0.15, -0.1) is 0 Å². The highest BCUT2D eigenvalue weighted by atomic mass is 32.2. The fraction of sp³-hybridized carbons (Fsp3) is 0.226. The maximum absolute atomic E-state index is 13.5. The fourth-order valence-electron chi connectivity index (χ4n) is 4.25. The summed E-state index contributed by atoms with van der Waals surface area (Å²) in [6.07, 6.45) is 5.99. The quantitative estimate of drug-likeness (QED) is 0.186. The van der Waals surface area contributed by atoms with Gasteiger partial charge in [-0.3, -0.25) is 9.52 Å². The molecule has 2 N–H and O–H groups in total. The largest absolute Gasteiger partial charge is 0.362 e. The van der Waals surface area contributed by atoms with Crippen molar-refractivity contribution in [2.24, 2.45) is 0 Å². The lowest BCUT2D eigenvalue weighted by Crippen LogP contribution is -2.39. The molecule has 3 aromatic rings. The zero-order chi connectivity index (χ0) is 28.7. The normalized spacial score (nSPS) is 14.4. The molecule has 208 valence electrons.